The number of aliphatic hydroxyl groups excluding tert-OH is 1. The average Bonchev–Trinajstić information content (AvgIpc) is 2.25. The van der Waals surface area contributed by atoms with Gasteiger partial charge in [0.25, 0.3) is 0 Å². The molecule has 0 aliphatic carbocycles. The lowest BCUT2D eigenvalue weighted by atomic mass is 9.91. The van der Waals surface area contributed by atoms with Crippen LogP contribution in [0.15, 0.2) is 0 Å². The van der Waals surface area contributed by atoms with Crippen molar-refractivity contribution < 1.29 is 15.0 Å². The highest BCUT2D eigenvalue weighted by molar-refractivity contribution is 5.67. The second-order valence-electron chi connectivity index (χ2n) is 4.43. The maximum atomic E-state index is 10.7. The van der Waals surface area contributed by atoms with E-state index in [2.05, 4.69) is 17.1 Å². The van der Waals surface area contributed by atoms with E-state index in [4.69, 9.17) is 10.2 Å². The van der Waals surface area contributed by atoms with E-state index in [1.54, 1.807) is 0 Å². The summed E-state index contributed by atoms with van der Waals surface area (Å²) in [5, 5.41) is 20.8. The number of rotatable bonds is 6. The monoisotopic (exact) mass is 230 g/mol. The van der Waals surface area contributed by atoms with Crippen molar-refractivity contribution >= 4 is 5.97 Å². The van der Waals surface area contributed by atoms with Gasteiger partial charge < -0.3 is 20.4 Å². The van der Waals surface area contributed by atoms with Gasteiger partial charge in [0.2, 0.25) is 0 Å². The molecule has 3 N–H and O–H groups in total. The van der Waals surface area contributed by atoms with Crippen molar-refractivity contribution in [1.29, 1.82) is 0 Å². The molecular formula is C11H22N2O3. The fourth-order valence-corrected chi connectivity index (χ4v) is 2.37. The molecule has 5 heteroatoms. The van der Waals surface area contributed by atoms with Crippen LogP contribution in [0.25, 0.3) is 0 Å². The standard InChI is InChI=1S/C11H22N2O3/c1-2-13-7-9(6-11(15)16)5-10(8-13)12-3-4-14/h9-10,12,14H,2-8H2,1H3,(H,15,16). The summed E-state index contributed by atoms with van der Waals surface area (Å²) in [6.07, 6.45) is 1.14. The Balaban J connectivity index is 2.43. The van der Waals surface area contributed by atoms with Crippen molar-refractivity contribution in [3.05, 3.63) is 0 Å². The van der Waals surface area contributed by atoms with Crippen LogP contribution in [-0.4, -0.2) is 59.9 Å². The molecule has 0 aromatic heterocycles. The van der Waals surface area contributed by atoms with E-state index in [9.17, 15) is 4.79 Å². The Morgan fingerprint density at radius 3 is 2.81 bits per heavy atom. The van der Waals surface area contributed by atoms with Gasteiger partial charge in [0, 0.05) is 32.1 Å². The third-order valence-electron chi connectivity index (χ3n) is 3.07. The van der Waals surface area contributed by atoms with Crippen molar-refractivity contribution in [2.24, 2.45) is 5.92 Å². The highest BCUT2D eigenvalue weighted by Crippen LogP contribution is 2.19. The van der Waals surface area contributed by atoms with Crippen LogP contribution >= 0.6 is 0 Å². The van der Waals surface area contributed by atoms with Gasteiger partial charge in [-0.05, 0) is 18.9 Å². The van der Waals surface area contributed by atoms with Crippen molar-refractivity contribution in [1.82, 2.24) is 10.2 Å². The minimum absolute atomic E-state index is 0.131. The molecule has 0 aromatic carbocycles. The number of likely N-dealkylation sites (tertiary alicyclic amines) is 1. The summed E-state index contributed by atoms with van der Waals surface area (Å²) in [4.78, 5) is 13.0. The third-order valence-corrected chi connectivity index (χ3v) is 3.07. The molecule has 16 heavy (non-hydrogen) atoms. The predicted molar refractivity (Wildman–Crippen MR) is 61.4 cm³/mol. The van der Waals surface area contributed by atoms with Crippen LogP contribution in [0.1, 0.15) is 19.8 Å². The van der Waals surface area contributed by atoms with Gasteiger partial charge in [-0.3, -0.25) is 4.79 Å². The number of hydrogen-bond acceptors (Lipinski definition) is 4. The molecule has 2 unspecified atom stereocenters. The molecule has 1 heterocycles. The number of aliphatic hydroxyl groups is 1. The number of nitrogens with one attached hydrogen (secondary N) is 1. The summed E-state index contributed by atoms with van der Waals surface area (Å²) in [5.74, 6) is -0.494. The lowest BCUT2D eigenvalue weighted by molar-refractivity contribution is -0.138. The summed E-state index contributed by atoms with van der Waals surface area (Å²) in [6.45, 7) is 5.58. The first-order valence-electron chi connectivity index (χ1n) is 5.94. The number of carbonyl (C=O) groups is 1. The Morgan fingerprint density at radius 2 is 2.25 bits per heavy atom. The van der Waals surface area contributed by atoms with Crippen LogP contribution in [0.5, 0.6) is 0 Å². The van der Waals surface area contributed by atoms with Gasteiger partial charge in [0.1, 0.15) is 0 Å². The minimum Gasteiger partial charge on any atom is -0.481 e. The molecular weight excluding hydrogens is 208 g/mol. The maximum absolute atomic E-state index is 10.7. The molecule has 2 atom stereocenters. The number of piperidine rings is 1. The summed E-state index contributed by atoms with van der Waals surface area (Å²) < 4.78 is 0. The van der Waals surface area contributed by atoms with Gasteiger partial charge in [0.05, 0.1) is 6.61 Å². The number of carboxylic acid groups (broad SMARTS) is 1. The number of carboxylic acids is 1. The topological polar surface area (TPSA) is 72.8 Å². The van der Waals surface area contributed by atoms with Crippen LogP contribution in [0.3, 0.4) is 0 Å². The molecule has 5 nitrogen and oxygen atoms in total. The van der Waals surface area contributed by atoms with E-state index in [1.165, 1.54) is 0 Å². The minimum atomic E-state index is -0.719. The Labute approximate surface area is 96.4 Å². The molecule has 0 radical (unpaired) electrons. The van der Waals surface area contributed by atoms with Gasteiger partial charge in [0.15, 0.2) is 0 Å². The first-order valence-corrected chi connectivity index (χ1v) is 5.94. The van der Waals surface area contributed by atoms with Gasteiger partial charge in [-0.1, -0.05) is 6.92 Å². The zero-order valence-electron chi connectivity index (χ0n) is 9.85. The molecule has 1 rings (SSSR count). The van der Waals surface area contributed by atoms with E-state index < -0.39 is 5.97 Å². The Bertz CT molecular complexity index is 223. The highest BCUT2D eigenvalue weighted by atomic mass is 16.4. The number of nitrogens with zero attached hydrogens (tertiary/aromatic N) is 1. The number of aliphatic carboxylic acids is 1. The van der Waals surface area contributed by atoms with E-state index in [1.807, 2.05) is 0 Å². The van der Waals surface area contributed by atoms with Gasteiger partial charge in [-0.15, -0.1) is 0 Å². The lowest BCUT2D eigenvalue weighted by Gasteiger charge is -2.37. The van der Waals surface area contributed by atoms with Crippen LogP contribution < -0.4 is 5.32 Å². The smallest absolute Gasteiger partial charge is 0.303 e. The lowest BCUT2D eigenvalue weighted by Crippen LogP contribution is -2.50. The van der Waals surface area contributed by atoms with E-state index in [0.29, 0.717) is 12.6 Å². The molecule has 94 valence electrons. The molecule has 0 saturated carbocycles. The fraction of sp³-hybridized carbons (Fsp3) is 0.909. The van der Waals surface area contributed by atoms with Crippen LogP contribution in [0.2, 0.25) is 0 Å². The zero-order valence-corrected chi connectivity index (χ0v) is 9.85. The second-order valence-corrected chi connectivity index (χ2v) is 4.43. The zero-order chi connectivity index (χ0) is 12.0. The van der Waals surface area contributed by atoms with Crippen LogP contribution in [0, 0.1) is 5.92 Å². The molecule has 0 aromatic rings. The average molecular weight is 230 g/mol. The van der Waals surface area contributed by atoms with E-state index in [0.717, 1.165) is 26.1 Å². The van der Waals surface area contributed by atoms with Crippen molar-refractivity contribution in [2.75, 3.05) is 32.8 Å². The van der Waals surface area contributed by atoms with E-state index >= 15 is 0 Å². The van der Waals surface area contributed by atoms with Crippen LogP contribution in [0.4, 0.5) is 0 Å². The van der Waals surface area contributed by atoms with E-state index in [-0.39, 0.29) is 18.9 Å². The highest BCUT2D eigenvalue weighted by Gasteiger charge is 2.27. The molecule has 1 aliphatic rings. The van der Waals surface area contributed by atoms with Crippen molar-refractivity contribution in [3.63, 3.8) is 0 Å². The van der Waals surface area contributed by atoms with Gasteiger partial charge in [-0.2, -0.15) is 0 Å². The van der Waals surface area contributed by atoms with Gasteiger partial charge >= 0.3 is 5.97 Å². The molecule has 0 bridgehead atoms. The second kappa shape index (κ2) is 6.83. The Hall–Kier alpha value is -0.650. The van der Waals surface area contributed by atoms with Crippen LogP contribution in [-0.2, 0) is 4.79 Å². The fourth-order valence-electron chi connectivity index (χ4n) is 2.37. The largest absolute Gasteiger partial charge is 0.481 e. The summed E-state index contributed by atoms with van der Waals surface area (Å²) >= 11 is 0. The number of hydrogen-bond donors (Lipinski definition) is 3. The quantitative estimate of drug-likeness (QED) is 0.587. The third kappa shape index (κ3) is 4.47. The summed E-state index contributed by atoms with van der Waals surface area (Å²) in [5.41, 5.74) is 0. The normalized spacial score (nSPS) is 26.9. The molecule has 1 aliphatic heterocycles. The van der Waals surface area contributed by atoms with Crippen molar-refractivity contribution in [2.45, 2.75) is 25.8 Å². The Kier molecular flexibility index (Phi) is 5.73. The maximum Gasteiger partial charge on any atom is 0.303 e. The Morgan fingerprint density at radius 1 is 1.50 bits per heavy atom. The first kappa shape index (κ1) is 13.4. The summed E-state index contributed by atoms with van der Waals surface area (Å²) in [7, 11) is 0. The molecule has 1 fully saturated rings. The molecule has 1 saturated heterocycles. The molecule has 0 amide bonds. The SMILES string of the molecule is CCN1CC(CC(=O)O)CC(NCCO)C1. The van der Waals surface area contributed by atoms with Gasteiger partial charge in [-0.25, -0.2) is 0 Å². The first-order chi connectivity index (χ1) is 7.65. The van der Waals surface area contributed by atoms with Crippen molar-refractivity contribution in [3.8, 4) is 0 Å². The predicted octanol–water partition coefficient (Wildman–Crippen LogP) is -0.247. The number of likely N-dealkylation sites (N-methyl/N-ethyl adjacent to an activating group) is 1. The summed E-state index contributed by atoms with van der Waals surface area (Å²) in [6, 6.07) is 0.310. The molecule has 0 spiro atoms.